The lowest BCUT2D eigenvalue weighted by atomic mass is 10.1. The molecule has 0 fully saturated rings. The van der Waals surface area contributed by atoms with Gasteiger partial charge in [-0.15, -0.1) is 0 Å². The Balaban J connectivity index is 2.02. The van der Waals surface area contributed by atoms with E-state index in [9.17, 15) is 0 Å². The van der Waals surface area contributed by atoms with Crippen LogP contribution in [0.4, 0.5) is 0 Å². The van der Waals surface area contributed by atoms with Crippen LogP contribution in [0.15, 0.2) is 70.6 Å². The van der Waals surface area contributed by atoms with E-state index in [1.54, 1.807) is 0 Å². The van der Waals surface area contributed by atoms with E-state index in [-0.39, 0.29) is 12.1 Å². The van der Waals surface area contributed by atoms with Gasteiger partial charge >= 0.3 is 0 Å². The topological polar surface area (TPSA) is 24.7 Å². The highest BCUT2D eigenvalue weighted by Gasteiger charge is 2.03. The van der Waals surface area contributed by atoms with Gasteiger partial charge in [0.05, 0.1) is 17.8 Å². The second kappa shape index (κ2) is 7.53. The molecule has 2 rings (SSSR count). The molecule has 0 N–H and O–H groups in total. The number of rotatable bonds is 5. The Morgan fingerprint density at radius 3 is 1.81 bits per heavy atom. The largest absolute Gasteiger partial charge is 0.284 e. The third-order valence-corrected chi connectivity index (χ3v) is 3.45. The van der Waals surface area contributed by atoms with Gasteiger partial charge in [0.1, 0.15) is 0 Å². The zero-order valence-electron chi connectivity index (χ0n) is 12.9. The minimum atomic E-state index is 0.156. The first-order chi connectivity index (χ1) is 10.2. The van der Waals surface area contributed by atoms with Crippen molar-refractivity contribution in [3.63, 3.8) is 0 Å². The maximum Gasteiger partial charge on any atom is 0.0724 e. The second-order valence-corrected chi connectivity index (χ2v) is 5.22. The molecule has 0 bridgehead atoms. The molecule has 0 saturated carbocycles. The highest BCUT2D eigenvalue weighted by molar-refractivity contribution is 6.29. The first kappa shape index (κ1) is 15.2. The van der Waals surface area contributed by atoms with Gasteiger partial charge in [-0.2, -0.15) is 0 Å². The van der Waals surface area contributed by atoms with Crippen LogP contribution in [0.1, 0.15) is 44.0 Å². The normalized spacial score (nSPS) is 15.1. The summed E-state index contributed by atoms with van der Waals surface area (Å²) in [4.78, 5) is 9.27. The molecule has 0 aliphatic carbocycles. The Morgan fingerprint density at radius 1 is 0.810 bits per heavy atom. The SMILES string of the molecule is CC(C=N[C@@H](C)c1ccccc1)=N[C@@H](C)c1ccccc1. The fourth-order valence-electron chi connectivity index (χ4n) is 2.18. The van der Waals surface area contributed by atoms with Crippen LogP contribution in [0.25, 0.3) is 0 Å². The summed E-state index contributed by atoms with van der Waals surface area (Å²) < 4.78 is 0. The van der Waals surface area contributed by atoms with Gasteiger partial charge in [0, 0.05) is 6.21 Å². The molecule has 0 heterocycles. The Hall–Kier alpha value is -2.22. The van der Waals surface area contributed by atoms with Crippen molar-refractivity contribution in [1.29, 1.82) is 0 Å². The van der Waals surface area contributed by atoms with Crippen LogP contribution in [-0.4, -0.2) is 11.9 Å². The zero-order chi connectivity index (χ0) is 15.1. The molecule has 0 aromatic heterocycles. The maximum atomic E-state index is 4.68. The summed E-state index contributed by atoms with van der Waals surface area (Å²) >= 11 is 0. The number of nitrogens with zero attached hydrogens (tertiary/aromatic N) is 2. The van der Waals surface area contributed by atoms with Crippen LogP contribution >= 0.6 is 0 Å². The summed E-state index contributed by atoms with van der Waals surface area (Å²) in [6, 6.07) is 20.9. The van der Waals surface area contributed by atoms with E-state index in [0.29, 0.717) is 0 Å². The predicted molar refractivity (Wildman–Crippen MR) is 91.3 cm³/mol. The van der Waals surface area contributed by atoms with Crippen LogP contribution in [-0.2, 0) is 0 Å². The van der Waals surface area contributed by atoms with Crippen molar-refractivity contribution in [2.45, 2.75) is 32.9 Å². The molecule has 2 aromatic carbocycles. The molecule has 2 heteroatoms. The minimum absolute atomic E-state index is 0.156. The van der Waals surface area contributed by atoms with Crippen molar-refractivity contribution in [1.82, 2.24) is 0 Å². The summed E-state index contributed by atoms with van der Waals surface area (Å²) in [7, 11) is 0. The molecule has 108 valence electrons. The van der Waals surface area contributed by atoms with Crippen molar-refractivity contribution in [2.24, 2.45) is 9.98 Å². The van der Waals surface area contributed by atoms with Crippen LogP contribution in [0.3, 0.4) is 0 Å². The Kier molecular flexibility index (Phi) is 5.44. The van der Waals surface area contributed by atoms with Gasteiger partial charge in [-0.1, -0.05) is 60.7 Å². The van der Waals surface area contributed by atoms with Crippen molar-refractivity contribution in [2.75, 3.05) is 0 Å². The lowest BCUT2D eigenvalue weighted by molar-refractivity contribution is 0.816. The first-order valence-corrected chi connectivity index (χ1v) is 7.34. The molecule has 2 atom stereocenters. The summed E-state index contributed by atoms with van der Waals surface area (Å²) in [6.45, 7) is 6.20. The molecule has 0 aliphatic rings. The summed E-state index contributed by atoms with van der Waals surface area (Å²) in [5, 5.41) is 0. The second-order valence-electron chi connectivity index (χ2n) is 5.22. The van der Waals surface area contributed by atoms with E-state index >= 15 is 0 Å². The third kappa shape index (κ3) is 4.67. The van der Waals surface area contributed by atoms with E-state index in [1.807, 2.05) is 49.5 Å². The third-order valence-electron chi connectivity index (χ3n) is 3.45. The molecule has 2 aromatic rings. The van der Waals surface area contributed by atoms with Gasteiger partial charge in [0.25, 0.3) is 0 Å². The Labute approximate surface area is 127 Å². The molecule has 0 amide bonds. The van der Waals surface area contributed by atoms with Gasteiger partial charge in [0.15, 0.2) is 0 Å². The van der Waals surface area contributed by atoms with E-state index in [0.717, 1.165) is 5.71 Å². The lowest BCUT2D eigenvalue weighted by Crippen LogP contribution is -2.00. The molecule has 0 radical (unpaired) electrons. The smallest absolute Gasteiger partial charge is 0.0724 e. The van der Waals surface area contributed by atoms with E-state index < -0.39 is 0 Å². The zero-order valence-corrected chi connectivity index (χ0v) is 12.9. The quantitative estimate of drug-likeness (QED) is 0.684. The van der Waals surface area contributed by atoms with Crippen molar-refractivity contribution in [3.8, 4) is 0 Å². The highest BCUT2D eigenvalue weighted by Crippen LogP contribution is 2.17. The van der Waals surface area contributed by atoms with Crippen LogP contribution in [0.2, 0.25) is 0 Å². The highest BCUT2D eigenvalue weighted by atomic mass is 14.8. The molecular weight excluding hydrogens is 256 g/mol. The van der Waals surface area contributed by atoms with Crippen molar-refractivity contribution in [3.05, 3.63) is 71.8 Å². The van der Waals surface area contributed by atoms with Crippen LogP contribution < -0.4 is 0 Å². The fourth-order valence-corrected chi connectivity index (χ4v) is 2.18. The van der Waals surface area contributed by atoms with Gasteiger partial charge < -0.3 is 0 Å². The maximum absolute atomic E-state index is 4.68. The fraction of sp³-hybridized carbons (Fsp3) is 0.263. The van der Waals surface area contributed by atoms with Gasteiger partial charge in [-0.25, -0.2) is 0 Å². The lowest BCUT2D eigenvalue weighted by Gasteiger charge is -2.08. The Morgan fingerprint density at radius 2 is 1.29 bits per heavy atom. The molecule has 2 nitrogen and oxygen atoms in total. The molecule has 0 aliphatic heterocycles. The van der Waals surface area contributed by atoms with Crippen molar-refractivity contribution >= 4 is 11.9 Å². The first-order valence-electron chi connectivity index (χ1n) is 7.34. The number of hydrogen-bond donors (Lipinski definition) is 0. The summed E-state index contributed by atoms with van der Waals surface area (Å²) in [5.41, 5.74) is 3.40. The van der Waals surface area contributed by atoms with Gasteiger partial charge in [0.2, 0.25) is 0 Å². The van der Waals surface area contributed by atoms with Gasteiger partial charge in [-0.05, 0) is 31.9 Å². The van der Waals surface area contributed by atoms with E-state index in [4.69, 9.17) is 0 Å². The number of benzene rings is 2. The van der Waals surface area contributed by atoms with E-state index in [1.165, 1.54) is 11.1 Å². The molecule has 0 saturated heterocycles. The summed E-state index contributed by atoms with van der Waals surface area (Å²) in [6.07, 6.45) is 1.87. The predicted octanol–water partition coefficient (Wildman–Crippen LogP) is 5.04. The Bertz CT molecular complexity index is 600. The molecule has 21 heavy (non-hydrogen) atoms. The minimum Gasteiger partial charge on any atom is -0.284 e. The average molecular weight is 278 g/mol. The van der Waals surface area contributed by atoms with Crippen LogP contribution in [0, 0.1) is 0 Å². The van der Waals surface area contributed by atoms with Crippen molar-refractivity contribution < 1.29 is 0 Å². The molecule has 0 spiro atoms. The molecule has 0 unspecified atom stereocenters. The van der Waals surface area contributed by atoms with Gasteiger partial charge in [-0.3, -0.25) is 9.98 Å². The average Bonchev–Trinajstić information content (AvgIpc) is 2.54. The standard InChI is InChI=1S/C19H22N2/c1-15(21-17(3)19-12-8-5-9-13-19)14-20-16(2)18-10-6-4-7-11-18/h4-14,16-17H,1-3H3/t16-,17-/m0/s1. The number of hydrogen-bond acceptors (Lipinski definition) is 2. The van der Waals surface area contributed by atoms with E-state index in [2.05, 4.69) is 48.1 Å². The summed E-state index contributed by atoms with van der Waals surface area (Å²) in [5.74, 6) is 0. The van der Waals surface area contributed by atoms with Crippen LogP contribution in [0.5, 0.6) is 0 Å². The number of aliphatic imine (C=N–C) groups is 2. The monoisotopic (exact) mass is 278 g/mol. The molecular formula is C19H22N2.